The highest BCUT2D eigenvalue weighted by molar-refractivity contribution is 7.83. The van der Waals surface area contributed by atoms with Gasteiger partial charge in [0.05, 0.1) is 45.6 Å². The number of H-pyrrole nitrogens is 2. The second-order valence-electron chi connectivity index (χ2n) is 8.07. The summed E-state index contributed by atoms with van der Waals surface area (Å²) in [5.74, 6) is -1.38. The Morgan fingerprint density at radius 3 is 2.69 bits per heavy atom. The maximum absolute atomic E-state index is 14.2. The van der Waals surface area contributed by atoms with Gasteiger partial charge >= 0.3 is 5.97 Å². The molecule has 0 aliphatic carbocycles. The highest BCUT2D eigenvalue weighted by Crippen LogP contribution is 2.23. The minimum Gasteiger partial charge on any atom is -0.481 e. The lowest BCUT2D eigenvalue weighted by Gasteiger charge is -2.14. The highest BCUT2D eigenvalue weighted by Gasteiger charge is 2.16. The van der Waals surface area contributed by atoms with Crippen molar-refractivity contribution in [2.75, 3.05) is 6.54 Å². The van der Waals surface area contributed by atoms with Crippen molar-refractivity contribution in [3.05, 3.63) is 58.6 Å². The molecule has 3 unspecified atom stereocenters. The zero-order valence-corrected chi connectivity index (χ0v) is 19.1. The lowest BCUT2D eigenvalue weighted by atomic mass is 10.1. The largest absolute Gasteiger partial charge is 0.481 e. The van der Waals surface area contributed by atoms with Crippen LogP contribution in [0.1, 0.15) is 19.3 Å². The van der Waals surface area contributed by atoms with Crippen LogP contribution in [0.25, 0.3) is 33.3 Å². The number of rotatable bonds is 10. The SMILES string of the molecule is O=C(O)CC(O)CC(O)CCNS(=O)c1ccc2nc(-c3cc4c(F)cccc4[nH]c3=O)[nH]c2c1. The molecule has 2 heterocycles. The molecule has 4 aromatic rings. The van der Waals surface area contributed by atoms with Gasteiger partial charge in [-0.2, -0.15) is 0 Å². The number of aromatic nitrogens is 3. The normalized spacial score (nSPS) is 14.3. The van der Waals surface area contributed by atoms with E-state index in [-0.39, 0.29) is 36.2 Å². The van der Waals surface area contributed by atoms with Gasteiger partial charge in [-0.25, -0.2) is 18.3 Å². The first-order valence-electron chi connectivity index (χ1n) is 10.8. The zero-order valence-electron chi connectivity index (χ0n) is 18.3. The Labute approximate surface area is 200 Å². The van der Waals surface area contributed by atoms with Crippen LogP contribution < -0.4 is 10.3 Å². The minimum atomic E-state index is -1.62. The monoisotopic (exact) mass is 502 g/mol. The number of fused-ring (bicyclic) bond motifs is 2. The van der Waals surface area contributed by atoms with Crippen molar-refractivity contribution in [1.29, 1.82) is 0 Å². The molecule has 0 spiro atoms. The summed E-state index contributed by atoms with van der Waals surface area (Å²) in [5.41, 5.74) is 1.16. The third-order valence-electron chi connectivity index (χ3n) is 5.42. The maximum atomic E-state index is 14.2. The third-order valence-corrected chi connectivity index (χ3v) is 6.57. The van der Waals surface area contributed by atoms with Crippen LogP contribution in [-0.4, -0.2) is 59.2 Å². The number of halogens is 1. The first-order valence-corrected chi connectivity index (χ1v) is 11.9. The molecule has 0 saturated heterocycles. The van der Waals surface area contributed by atoms with E-state index in [1.54, 1.807) is 24.3 Å². The number of hydrogen-bond acceptors (Lipinski definition) is 6. The van der Waals surface area contributed by atoms with Gasteiger partial charge in [-0.1, -0.05) is 6.07 Å². The molecule has 12 heteroatoms. The number of carboxylic acid groups (broad SMARTS) is 1. The summed E-state index contributed by atoms with van der Waals surface area (Å²) in [6.07, 6.45) is -2.49. The Balaban J connectivity index is 1.45. The number of aliphatic carboxylic acids is 1. The molecule has 0 aliphatic rings. The molecule has 3 atom stereocenters. The Bertz CT molecular complexity index is 1470. The van der Waals surface area contributed by atoms with Crippen LogP contribution >= 0.6 is 0 Å². The van der Waals surface area contributed by atoms with E-state index in [0.29, 0.717) is 21.4 Å². The van der Waals surface area contributed by atoms with Crippen LogP contribution in [0, 0.1) is 5.82 Å². The average Bonchev–Trinajstić information content (AvgIpc) is 3.21. The standard InChI is InChI=1S/C23H23FN4O6S/c24-17-2-1-3-18-15(17)11-16(23(33)28-18)22-26-19-5-4-14(10-20(19)27-22)35(34)25-7-6-12(29)8-13(30)9-21(31)32/h1-5,10-13,25,29-30H,6-9H2,(H,26,27)(H,28,33)(H,31,32). The molecular weight excluding hydrogens is 479 g/mol. The van der Waals surface area contributed by atoms with E-state index in [1.807, 2.05) is 0 Å². The van der Waals surface area contributed by atoms with Crippen LogP contribution in [0.15, 0.2) is 52.2 Å². The summed E-state index contributed by atoms with van der Waals surface area (Å²) < 4.78 is 29.6. The molecule has 0 saturated carbocycles. The maximum Gasteiger partial charge on any atom is 0.305 e. The van der Waals surface area contributed by atoms with Crippen molar-refractivity contribution < 1.29 is 28.7 Å². The number of nitrogens with zero attached hydrogens (tertiary/aromatic N) is 1. The summed E-state index contributed by atoms with van der Waals surface area (Å²) in [7, 11) is -1.62. The summed E-state index contributed by atoms with van der Waals surface area (Å²) in [4.78, 5) is 33.6. The second-order valence-corrected chi connectivity index (χ2v) is 9.37. The minimum absolute atomic E-state index is 0.0959. The van der Waals surface area contributed by atoms with E-state index in [0.717, 1.165) is 0 Å². The van der Waals surface area contributed by atoms with Gasteiger partial charge in [-0.15, -0.1) is 0 Å². The van der Waals surface area contributed by atoms with Gasteiger partial charge in [0.25, 0.3) is 5.56 Å². The van der Waals surface area contributed by atoms with Gasteiger partial charge in [0.15, 0.2) is 0 Å². The lowest BCUT2D eigenvalue weighted by Crippen LogP contribution is -2.26. The fourth-order valence-electron chi connectivity index (χ4n) is 3.72. The van der Waals surface area contributed by atoms with Crippen molar-refractivity contribution >= 4 is 38.9 Å². The molecule has 0 amide bonds. The number of aromatic amines is 2. The van der Waals surface area contributed by atoms with Crippen LogP contribution in [0.4, 0.5) is 4.39 Å². The molecule has 0 radical (unpaired) electrons. The summed E-state index contributed by atoms with van der Waals surface area (Å²) in [6, 6.07) is 10.7. The quantitative estimate of drug-likeness (QED) is 0.192. The molecule has 10 nitrogen and oxygen atoms in total. The summed E-state index contributed by atoms with van der Waals surface area (Å²) >= 11 is 0. The van der Waals surface area contributed by atoms with E-state index in [4.69, 9.17) is 5.11 Å². The zero-order chi connectivity index (χ0) is 25.1. The molecule has 0 bridgehead atoms. The topological polar surface area (TPSA) is 168 Å². The first kappa shape index (κ1) is 24.7. The van der Waals surface area contributed by atoms with E-state index in [2.05, 4.69) is 19.7 Å². The van der Waals surface area contributed by atoms with E-state index in [9.17, 15) is 28.4 Å². The number of imidazole rings is 1. The molecule has 2 aromatic carbocycles. The van der Waals surface area contributed by atoms with E-state index in [1.165, 1.54) is 18.2 Å². The number of pyridine rings is 1. The van der Waals surface area contributed by atoms with Crippen LogP contribution in [0.3, 0.4) is 0 Å². The molecule has 184 valence electrons. The van der Waals surface area contributed by atoms with Gasteiger partial charge in [0.1, 0.15) is 22.6 Å². The third kappa shape index (κ3) is 5.80. The van der Waals surface area contributed by atoms with Crippen molar-refractivity contribution in [2.24, 2.45) is 0 Å². The number of carbonyl (C=O) groups is 1. The smallest absolute Gasteiger partial charge is 0.305 e. The summed E-state index contributed by atoms with van der Waals surface area (Å²) in [5, 5.41) is 28.4. The summed E-state index contributed by atoms with van der Waals surface area (Å²) in [6.45, 7) is 0.165. The molecule has 4 rings (SSSR count). The number of carboxylic acids is 1. The molecule has 6 N–H and O–H groups in total. The number of nitrogens with one attached hydrogen (secondary N) is 3. The Morgan fingerprint density at radius 1 is 1.11 bits per heavy atom. The predicted octanol–water partition coefficient (Wildman–Crippen LogP) is 1.80. The highest BCUT2D eigenvalue weighted by atomic mass is 32.2. The number of aliphatic hydroxyl groups is 2. The van der Waals surface area contributed by atoms with Crippen LogP contribution in [-0.2, 0) is 15.8 Å². The predicted molar refractivity (Wildman–Crippen MR) is 128 cm³/mol. The number of hydrogen-bond donors (Lipinski definition) is 6. The average molecular weight is 503 g/mol. The Kier molecular flexibility index (Phi) is 7.36. The van der Waals surface area contributed by atoms with E-state index >= 15 is 0 Å². The van der Waals surface area contributed by atoms with Gasteiger partial charge in [0, 0.05) is 11.9 Å². The van der Waals surface area contributed by atoms with Crippen LogP contribution in [0.5, 0.6) is 0 Å². The Hall–Kier alpha value is -3.45. The fraction of sp³-hybridized carbons (Fsp3) is 0.261. The number of aliphatic hydroxyl groups excluding tert-OH is 2. The van der Waals surface area contributed by atoms with Crippen molar-refractivity contribution in [1.82, 2.24) is 19.7 Å². The molecule has 2 aromatic heterocycles. The number of benzene rings is 2. The van der Waals surface area contributed by atoms with Crippen LogP contribution in [0.2, 0.25) is 0 Å². The first-order chi connectivity index (χ1) is 16.7. The molecule has 35 heavy (non-hydrogen) atoms. The van der Waals surface area contributed by atoms with Crippen molar-refractivity contribution in [2.45, 2.75) is 36.4 Å². The molecule has 0 fully saturated rings. The lowest BCUT2D eigenvalue weighted by molar-refractivity contribution is -0.139. The Morgan fingerprint density at radius 2 is 1.91 bits per heavy atom. The molecular formula is C23H23FN4O6S. The van der Waals surface area contributed by atoms with Crippen molar-refractivity contribution in [3.63, 3.8) is 0 Å². The van der Waals surface area contributed by atoms with E-state index < -0.39 is 47.0 Å². The second kappa shape index (κ2) is 10.4. The van der Waals surface area contributed by atoms with Gasteiger partial charge in [-0.05, 0) is 49.2 Å². The van der Waals surface area contributed by atoms with Gasteiger partial charge in [0.2, 0.25) is 0 Å². The fourth-order valence-corrected chi connectivity index (χ4v) is 4.60. The van der Waals surface area contributed by atoms with Gasteiger partial charge < -0.3 is 25.3 Å². The van der Waals surface area contributed by atoms with Crippen molar-refractivity contribution in [3.8, 4) is 11.4 Å². The van der Waals surface area contributed by atoms with Gasteiger partial charge in [-0.3, -0.25) is 9.59 Å². The molecule has 0 aliphatic heterocycles.